The van der Waals surface area contributed by atoms with Crippen molar-refractivity contribution in [2.45, 2.75) is 26.2 Å². The van der Waals surface area contributed by atoms with Crippen LogP contribution in [0.5, 0.6) is 0 Å². The molecule has 0 amide bonds. The van der Waals surface area contributed by atoms with Crippen molar-refractivity contribution in [3.8, 4) is 0 Å². The Hall–Kier alpha value is -2.09. The van der Waals surface area contributed by atoms with E-state index in [4.69, 9.17) is 0 Å². The standard InChI is InChI=1S/C20H35N7O/c1-4-25-10-6-17(7-11-25)5-8-23-20(21-2)27-15-13-26(14-16-27)18-19(28)24(3)12-9-22-18/h9,12,17H,4-8,10-11,13-16H2,1-3H3,(H,21,23). The molecule has 0 saturated carbocycles. The highest BCUT2D eigenvalue weighted by Gasteiger charge is 2.23. The topological polar surface area (TPSA) is 69.0 Å². The molecule has 2 fully saturated rings. The third kappa shape index (κ3) is 5.04. The predicted molar refractivity (Wildman–Crippen MR) is 114 cm³/mol. The monoisotopic (exact) mass is 389 g/mol. The molecule has 156 valence electrons. The molecule has 0 spiro atoms. The molecule has 0 aliphatic carbocycles. The Morgan fingerprint density at radius 3 is 2.57 bits per heavy atom. The first kappa shape index (κ1) is 20.6. The highest BCUT2D eigenvalue weighted by molar-refractivity contribution is 5.80. The van der Waals surface area contributed by atoms with E-state index in [0.29, 0.717) is 5.82 Å². The van der Waals surface area contributed by atoms with Crippen molar-refractivity contribution in [1.29, 1.82) is 0 Å². The van der Waals surface area contributed by atoms with E-state index < -0.39 is 0 Å². The number of hydrogen-bond acceptors (Lipinski definition) is 5. The van der Waals surface area contributed by atoms with Crippen molar-refractivity contribution in [1.82, 2.24) is 24.7 Å². The first-order valence-electron chi connectivity index (χ1n) is 10.6. The number of anilines is 1. The summed E-state index contributed by atoms with van der Waals surface area (Å²) in [4.78, 5) is 27.9. The Labute approximate surface area is 168 Å². The summed E-state index contributed by atoms with van der Waals surface area (Å²) in [6.45, 7) is 10.1. The Balaban J connectivity index is 1.44. The van der Waals surface area contributed by atoms with Gasteiger partial charge in [-0.2, -0.15) is 0 Å². The molecule has 0 radical (unpaired) electrons. The second-order valence-corrected chi connectivity index (χ2v) is 7.78. The van der Waals surface area contributed by atoms with E-state index in [1.54, 1.807) is 24.0 Å². The average Bonchev–Trinajstić information content (AvgIpc) is 2.74. The minimum Gasteiger partial charge on any atom is -0.356 e. The van der Waals surface area contributed by atoms with Gasteiger partial charge in [-0.25, -0.2) is 4.98 Å². The second kappa shape index (κ2) is 9.91. The van der Waals surface area contributed by atoms with Gasteiger partial charge in [-0.05, 0) is 44.8 Å². The van der Waals surface area contributed by atoms with Gasteiger partial charge in [0.05, 0.1) is 0 Å². The van der Waals surface area contributed by atoms with E-state index in [-0.39, 0.29) is 5.56 Å². The lowest BCUT2D eigenvalue weighted by Gasteiger charge is -2.37. The fourth-order valence-electron chi connectivity index (χ4n) is 4.14. The van der Waals surface area contributed by atoms with Crippen LogP contribution >= 0.6 is 0 Å². The highest BCUT2D eigenvalue weighted by Crippen LogP contribution is 2.19. The van der Waals surface area contributed by atoms with Crippen molar-refractivity contribution in [2.24, 2.45) is 18.0 Å². The number of hydrogen-bond donors (Lipinski definition) is 1. The SMILES string of the molecule is CCN1CCC(CCNC(=NC)N2CCN(c3nccn(C)c3=O)CC2)CC1. The molecule has 1 N–H and O–H groups in total. The number of aromatic nitrogens is 2. The number of aliphatic imine (C=N–C) groups is 1. The molecule has 1 aromatic rings. The van der Waals surface area contributed by atoms with Gasteiger partial charge >= 0.3 is 0 Å². The molecule has 0 atom stereocenters. The lowest BCUT2D eigenvalue weighted by atomic mass is 9.93. The first-order chi connectivity index (χ1) is 13.6. The smallest absolute Gasteiger partial charge is 0.293 e. The largest absolute Gasteiger partial charge is 0.356 e. The molecule has 8 nitrogen and oxygen atoms in total. The Kier molecular flexibility index (Phi) is 7.30. The zero-order valence-electron chi connectivity index (χ0n) is 17.6. The summed E-state index contributed by atoms with van der Waals surface area (Å²) >= 11 is 0. The van der Waals surface area contributed by atoms with Gasteiger partial charge in [0, 0.05) is 59.2 Å². The summed E-state index contributed by atoms with van der Waals surface area (Å²) in [5, 5.41) is 3.55. The molecular formula is C20H35N7O. The summed E-state index contributed by atoms with van der Waals surface area (Å²) < 4.78 is 1.58. The van der Waals surface area contributed by atoms with Crippen LogP contribution in [-0.2, 0) is 7.05 Å². The third-order valence-electron chi connectivity index (χ3n) is 6.08. The number of piperidine rings is 1. The predicted octanol–water partition coefficient (Wildman–Crippen LogP) is 0.600. The number of rotatable bonds is 5. The summed E-state index contributed by atoms with van der Waals surface area (Å²) in [5.41, 5.74) is -0.0347. The van der Waals surface area contributed by atoms with Crippen LogP contribution in [-0.4, -0.2) is 84.7 Å². The molecule has 28 heavy (non-hydrogen) atoms. The van der Waals surface area contributed by atoms with Crippen LogP contribution in [0.1, 0.15) is 26.2 Å². The van der Waals surface area contributed by atoms with Gasteiger partial charge in [0.1, 0.15) is 0 Å². The fraction of sp³-hybridized carbons (Fsp3) is 0.750. The molecule has 0 bridgehead atoms. The Morgan fingerprint density at radius 2 is 1.93 bits per heavy atom. The summed E-state index contributed by atoms with van der Waals surface area (Å²) in [7, 11) is 3.62. The van der Waals surface area contributed by atoms with Crippen LogP contribution < -0.4 is 15.8 Å². The molecule has 0 aromatic carbocycles. The Bertz CT molecular complexity index is 701. The van der Waals surface area contributed by atoms with Gasteiger partial charge in [0.15, 0.2) is 11.8 Å². The van der Waals surface area contributed by atoms with Gasteiger partial charge in [0.2, 0.25) is 0 Å². The van der Waals surface area contributed by atoms with Crippen molar-refractivity contribution < 1.29 is 0 Å². The maximum absolute atomic E-state index is 12.3. The summed E-state index contributed by atoms with van der Waals surface area (Å²) in [6.07, 6.45) is 7.21. The van der Waals surface area contributed by atoms with Crippen molar-refractivity contribution >= 4 is 11.8 Å². The highest BCUT2D eigenvalue weighted by atomic mass is 16.1. The van der Waals surface area contributed by atoms with Gasteiger partial charge in [-0.15, -0.1) is 0 Å². The lowest BCUT2D eigenvalue weighted by molar-refractivity contribution is 0.187. The molecular weight excluding hydrogens is 354 g/mol. The molecule has 2 saturated heterocycles. The number of nitrogens with one attached hydrogen (secondary N) is 1. The molecule has 1 aromatic heterocycles. The minimum absolute atomic E-state index is 0.0347. The van der Waals surface area contributed by atoms with Gasteiger partial charge in [-0.1, -0.05) is 6.92 Å². The van der Waals surface area contributed by atoms with E-state index in [0.717, 1.165) is 44.6 Å². The van der Waals surface area contributed by atoms with Crippen molar-refractivity contribution in [2.75, 3.05) is 64.3 Å². The van der Waals surface area contributed by atoms with E-state index in [1.807, 2.05) is 7.05 Å². The zero-order chi connectivity index (χ0) is 19.9. The number of aryl methyl sites for hydroxylation is 1. The quantitative estimate of drug-likeness (QED) is 0.588. The second-order valence-electron chi connectivity index (χ2n) is 7.78. The summed E-state index contributed by atoms with van der Waals surface area (Å²) in [6, 6.07) is 0. The molecule has 3 heterocycles. The first-order valence-corrected chi connectivity index (χ1v) is 10.6. The van der Waals surface area contributed by atoms with E-state index in [9.17, 15) is 4.79 Å². The van der Waals surface area contributed by atoms with Crippen LogP contribution in [0, 0.1) is 5.92 Å². The number of likely N-dealkylation sites (tertiary alicyclic amines) is 1. The fourth-order valence-corrected chi connectivity index (χ4v) is 4.14. The van der Waals surface area contributed by atoms with E-state index >= 15 is 0 Å². The molecule has 2 aliphatic rings. The van der Waals surface area contributed by atoms with Crippen LogP contribution in [0.15, 0.2) is 22.2 Å². The molecule has 2 aliphatic heterocycles. The third-order valence-corrected chi connectivity index (χ3v) is 6.08. The van der Waals surface area contributed by atoms with Gasteiger partial charge < -0.3 is 24.6 Å². The van der Waals surface area contributed by atoms with Gasteiger partial charge in [0.25, 0.3) is 5.56 Å². The number of guanidine groups is 1. The van der Waals surface area contributed by atoms with E-state index in [2.05, 4.69) is 36.9 Å². The maximum Gasteiger partial charge on any atom is 0.293 e. The van der Waals surface area contributed by atoms with Crippen LogP contribution in [0.25, 0.3) is 0 Å². The lowest BCUT2D eigenvalue weighted by Crippen LogP contribution is -2.53. The van der Waals surface area contributed by atoms with Crippen LogP contribution in [0.3, 0.4) is 0 Å². The minimum atomic E-state index is -0.0347. The van der Waals surface area contributed by atoms with Crippen LogP contribution in [0.2, 0.25) is 0 Å². The average molecular weight is 390 g/mol. The number of nitrogens with zero attached hydrogens (tertiary/aromatic N) is 6. The van der Waals surface area contributed by atoms with Gasteiger partial charge in [-0.3, -0.25) is 9.79 Å². The maximum atomic E-state index is 12.3. The van der Waals surface area contributed by atoms with Crippen LogP contribution in [0.4, 0.5) is 5.82 Å². The van der Waals surface area contributed by atoms with E-state index in [1.165, 1.54) is 38.9 Å². The normalized spacial score (nSPS) is 19.9. The zero-order valence-corrected chi connectivity index (χ0v) is 17.6. The Morgan fingerprint density at radius 1 is 1.21 bits per heavy atom. The number of piperazine rings is 1. The molecule has 3 rings (SSSR count). The molecule has 8 heteroatoms. The molecule has 0 unspecified atom stereocenters. The van der Waals surface area contributed by atoms with Crippen molar-refractivity contribution in [3.05, 3.63) is 22.7 Å². The summed E-state index contributed by atoms with van der Waals surface area (Å²) in [5.74, 6) is 2.34. The van der Waals surface area contributed by atoms with Crippen molar-refractivity contribution in [3.63, 3.8) is 0 Å².